The zero-order valence-corrected chi connectivity index (χ0v) is 18.0. The van der Waals surface area contributed by atoms with Gasteiger partial charge in [0, 0.05) is 12.8 Å². The third-order valence-corrected chi connectivity index (χ3v) is 8.44. The Morgan fingerprint density at radius 3 is 1.54 bits per heavy atom. The van der Waals surface area contributed by atoms with Crippen LogP contribution in [0.15, 0.2) is 48.5 Å². The molecule has 0 radical (unpaired) electrons. The van der Waals surface area contributed by atoms with E-state index in [4.69, 9.17) is 9.47 Å². The molecular weight excluding hydrogens is 392 g/mol. The number of aliphatic hydroxyl groups is 2. The molecule has 0 aromatic heterocycles. The molecule has 1 fully saturated rings. The Labute approximate surface area is 175 Å². The van der Waals surface area contributed by atoms with Crippen LogP contribution in [-0.2, 0) is 0 Å². The highest BCUT2D eigenvalue weighted by molar-refractivity contribution is 8.18. The van der Waals surface area contributed by atoms with Crippen LogP contribution >= 0.6 is 23.5 Å². The summed E-state index contributed by atoms with van der Waals surface area (Å²) >= 11 is 3.73. The minimum atomic E-state index is -0.577. The molecule has 1 aliphatic rings. The summed E-state index contributed by atoms with van der Waals surface area (Å²) < 4.78 is 10.2. The van der Waals surface area contributed by atoms with Gasteiger partial charge in [-0.05, 0) is 53.3 Å². The topological polar surface area (TPSA) is 58.9 Å². The van der Waals surface area contributed by atoms with E-state index >= 15 is 0 Å². The maximum absolute atomic E-state index is 10.9. The average Bonchev–Trinajstić information content (AvgIpc) is 2.74. The van der Waals surface area contributed by atoms with Gasteiger partial charge in [0.25, 0.3) is 0 Å². The predicted molar refractivity (Wildman–Crippen MR) is 117 cm³/mol. The molecule has 2 aromatic carbocycles. The zero-order chi connectivity index (χ0) is 20.0. The fourth-order valence-electron chi connectivity index (χ4n) is 3.41. The molecule has 0 bridgehead atoms. The molecule has 1 heterocycles. The van der Waals surface area contributed by atoms with Crippen LogP contribution in [0.3, 0.4) is 0 Å². The quantitative estimate of drug-likeness (QED) is 0.639. The first-order valence-electron chi connectivity index (χ1n) is 9.47. The fraction of sp³-hybridized carbons (Fsp3) is 0.455. The van der Waals surface area contributed by atoms with Crippen LogP contribution in [0, 0.1) is 0 Å². The highest BCUT2D eigenvalue weighted by atomic mass is 32.2. The van der Waals surface area contributed by atoms with Crippen LogP contribution in [-0.4, -0.2) is 40.0 Å². The number of thioether (sulfide) groups is 2. The van der Waals surface area contributed by atoms with E-state index in [-0.39, 0.29) is 4.08 Å². The van der Waals surface area contributed by atoms with Crippen molar-refractivity contribution in [1.29, 1.82) is 0 Å². The summed E-state index contributed by atoms with van der Waals surface area (Å²) in [4.78, 5) is 0. The highest BCUT2D eigenvalue weighted by Crippen LogP contribution is 2.52. The third-order valence-electron chi connectivity index (χ3n) is 5.03. The maximum atomic E-state index is 10.9. The van der Waals surface area contributed by atoms with Gasteiger partial charge in [0.2, 0.25) is 0 Å². The number of aliphatic hydroxyl groups excluding tert-OH is 2. The summed E-state index contributed by atoms with van der Waals surface area (Å²) in [5, 5.41) is 21.8. The maximum Gasteiger partial charge on any atom is 0.118 e. The molecule has 2 N–H and O–H groups in total. The Morgan fingerprint density at radius 2 is 1.18 bits per heavy atom. The van der Waals surface area contributed by atoms with E-state index in [1.54, 1.807) is 14.2 Å². The van der Waals surface area contributed by atoms with Crippen molar-refractivity contribution < 1.29 is 19.7 Å². The second-order valence-electron chi connectivity index (χ2n) is 6.95. The van der Waals surface area contributed by atoms with E-state index in [1.165, 1.54) is 0 Å². The number of methoxy groups -OCH3 is 2. The summed E-state index contributed by atoms with van der Waals surface area (Å²) in [6.07, 6.45) is 1.21. The molecule has 0 unspecified atom stereocenters. The van der Waals surface area contributed by atoms with Crippen molar-refractivity contribution >= 4 is 23.5 Å². The van der Waals surface area contributed by atoms with Crippen molar-refractivity contribution in [3.05, 3.63) is 59.7 Å². The van der Waals surface area contributed by atoms with Gasteiger partial charge in [-0.1, -0.05) is 24.3 Å². The number of benzene rings is 2. The standard InChI is InChI=1S/C22H28O4S2/c1-25-18-8-4-16(5-9-18)20(23)14-22(27-12-3-13-28-22)15-21(24)17-6-10-19(26-2)11-7-17/h4-11,20-21,23-24H,3,12-15H2,1-2H3/t20-,21-/m0/s1. The molecule has 1 saturated heterocycles. The highest BCUT2D eigenvalue weighted by Gasteiger charge is 2.38. The smallest absolute Gasteiger partial charge is 0.118 e. The Bertz CT molecular complexity index is 670. The van der Waals surface area contributed by atoms with E-state index in [9.17, 15) is 10.2 Å². The molecule has 1 aliphatic heterocycles. The number of hydrogen-bond donors (Lipinski definition) is 2. The summed E-state index contributed by atoms with van der Waals surface area (Å²) in [7, 11) is 3.27. The van der Waals surface area contributed by atoms with Crippen molar-refractivity contribution in [2.45, 2.75) is 35.5 Å². The van der Waals surface area contributed by atoms with Gasteiger partial charge >= 0.3 is 0 Å². The van der Waals surface area contributed by atoms with E-state index < -0.39 is 12.2 Å². The molecule has 0 saturated carbocycles. The van der Waals surface area contributed by atoms with Crippen LogP contribution in [0.25, 0.3) is 0 Å². The van der Waals surface area contributed by atoms with Crippen molar-refractivity contribution in [3.63, 3.8) is 0 Å². The van der Waals surface area contributed by atoms with E-state index in [2.05, 4.69) is 0 Å². The van der Waals surface area contributed by atoms with Crippen molar-refractivity contribution in [1.82, 2.24) is 0 Å². The lowest BCUT2D eigenvalue weighted by molar-refractivity contribution is 0.133. The summed E-state index contributed by atoms with van der Waals surface area (Å²) in [5.41, 5.74) is 1.76. The van der Waals surface area contributed by atoms with E-state index in [0.717, 1.165) is 40.6 Å². The van der Waals surface area contributed by atoms with Crippen LogP contribution in [0.2, 0.25) is 0 Å². The van der Waals surface area contributed by atoms with Crippen molar-refractivity contribution in [3.8, 4) is 11.5 Å². The van der Waals surface area contributed by atoms with Crippen molar-refractivity contribution in [2.75, 3.05) is 25.7 Å². The van der Waals surface area contributed by atoms with Gasteiger partial charge in [-0.25, -0.2) is 0 Å². The lowest BCUT2D eigenvalue weighted by Gasteiger charge is -2.39. The van der Waals surface area contributed by atoms with E-state index in [1.807, 2.05) is 72.1 Å². The van der Waals surface area contributed by atoms with Gasteiger partial charge in [0.1, 0.15) is 11.5 Å². The Hall–Kier alpha value is -1.34. The molecule has 6 heteroatoms. The van der Waals surface area contributed by atoms with Crippen LogP contribution in [0.1, 0.15) is 42.6 Å². The lowest BCUT2D eigenvalue weighted by Crippen LogP contribution is -2.30. The van der Waals surface area contributed by atoms with Crippen LogP contribution in [0.4, 0.5) is 0 Å². The summed E-state index contributed by atoms with van der Waals surface area (Å²) in [6.45, 7) is 0. The monoisotopic (exact) mass is 420 g/mol. The normalized spacial score (nSPS) is 18.3. The van der Waals surface area contributed by atoms with Crippen molar-refractivity contribution in [2.24, 2.45) is 0 Å². The SMILES string of the molecule is COc1ccc([C@@H](O)CC2(C[C@H](O)c3ccc(OC)cc3)SCCCS2)cc1. The molecule has 0 spiro atoms. The van der Waals surface area contributed by atoms with Crippen LogP contribution in [0.5, 0.6) is 11.5 Å². The number of ether oxygens (including phenoxy) is 2. The summed E-state index contributed by atoms with van der Waals surface area (Å²) in [6, 6.07) is 15.1. The molecule has 152 valence electrons. The molecule has 0 aliphatic carbocycles. The van der Waals surface area contributed by atoms with Crippen LogP contribution < -0.4 is 9.47 Å². The fourth-order valence-corrected chi connectivity index (χ4v) is 6.85. The number of rotatable bonds is 8. The Kier molecular flexibility index (Phi) is 7.57. The Morgan fingerprint density at radius 1 is 0.786 bits per heavy atom. The molecule has 2 aromatic rings. The second-order valence-corrected chi connectivity index (χ2v) is 10.2. The second kappa shape index (κ2) is 9.92. The van der Waals surface area contributed by atoms with Gasteiger partial charge in [-0.3, -0.25) is 0 Å². The molecular formula is C22H28O4S2. The first kappa shape index (κ1) is 21.4. The molecule has 4 nitrogen and oxygen atoms in total. The summed E-state index contributed by atoms with van der Waals surface area (Å²) in [5.74, 6) is 3.67. The first-order chi connectivity index (χ1) is 13.5. The molecule has 2 atom stereocenters. The Balaban J connectivity index is 1.73. The third kappa shape index (κ3) is 5.38. The van der Waals surface area contributed by atoms with Gasteiger partial charge in [-0.15, -0.1) is 23.5 Å². The zero-order valence-electron chi connectivity index (χ0n) is 16.3. The van der Waals surface area contributed by atoms with Gasteiger partial charge in [0.05, 0.1) is 30.5 Å². The minimum Gasteiger partial charge on any atom is -0.497 e. The van der Waals surface area contributed by atoms with Gasteiger partial charge in [-0.2, -0.15) is 0 Å². The first-order valence-corrected chi connectivity index (χ1v) is 11.4. The molecule has 3 rings (SSSR count). The molecule has 28 heavy (non-hydrogen) atoms. The number of hydrogen-bond acceptors (Lipinski definition) is 6. The lowest BCUT2D eigenvalue weighted by atomic mass is 9.98. The predicted octanol–water partition coefficient (Wildman–Crippen LogP) is 4.82. The molecule has 0 amide bonds. The minimum absolute atomic E-state index is 0.211. The largest absolute Gasteiger partial charge is 0.497 e. The average molecular weight is 421 g/mol. The van der Waals surface area contributed by atoms with Gasteiger partial charge < -0.3 is 19.7 Å². The van der Waals surface area contributed by atoms with E-state index in [0.29, 0.717) is 12.8 Å². The van der Waals surface area contributed by atoms with Gasteiger partial charge in [0.15, 0.2) is 0 Å².